The first-order chi connectivity index (χ1) is 30.0. The van der Waals surface area contributed by atoms with Crippen molar-refractivity contribution in [3.05, 3.63) is 167 Å². The second-order valence-corrected chi connectivity index (χ2v) is 17.9. The van der Waals surface area contributed by atoms with E-state index in [-0.39, 0.29) is 67.4 Å². The largest absolute Gasteiger partial charge is 0.507 e. The molecule has 0 aliphatic heterocycles. The summed E-state index contributed by atoms with van der Waals surface area (Å²) in [5.74, 6) is -0.127. The van der Waals surface area contributed by atoms with Gasteiger partial charge >= 0.3 is 0 Å². The van der Waals surface area contributed by atoms with Gasteiger partial charge in [0.25, 0.3) is 0 Å². The van der Waals surface area contributed by atoms with Gasteiger partial charge in [-0.1, -0.05) is 157 Å². The van der Waals surface area contributed by atoms with Crippen LogP contribution in [0.4, 0.5) is 0 Å². The number of benzene rings is 6. The third-order valence-corrected chi connectivity index (χ3v) is 11.1. The minimum atomic E-state index is -0.853. The fourth-order valence-corrected chi connectivity index (χ4v) is 7.55. The van der Waals surface area contributed by atoms with Gasteiger partial charge in [-0.25, -0.2) is 4.98 Å². The number of hydrogen-bond donors (Lipinski definition) is 1. The number of rotatable bonds is 7. The molecule has 6 aromatic carbocycles. The predicted octanol–water partition coefficient (Wildman–Crippen LogP) is 14.6. The Morgan fingerprint density at radius 2 is 1.37 bits per heavy atom. The van der Waals surface area contributed by atoms with Crippen molar-refractivity contribution >= 4 is 11.0 Å². The molecule has 0 amide bonds. The quantitative estimate of drug-likeness (QED) is 0.162. The molecular weight excluding hydrogens is 914 g/mol. The van der Waals surface area contributed by atoms with Gasteiger partial charge in [0.2, 0.25) is 0 Å². The average Bonchev–Trinajstić information content (AvgIpc) is 3.64. The molecule has 4 nitrogen and oxygen atoms in total. The Labute approximate surface area is 377 Å². The third kappa shape index (κ3) is 8.28. The maximum atomic E-state index is 12.0. The van der Waals surface area contributed by atoms with Gasteiger partial charge in [-0.2, -0.15) is 0 Å². The summed E-state index contributed by atoms with van der Waals surface area (Å²) in [5.41, 5.74) is 12.1. The van der Waals surface area contributed by atoms with E-state index in [4.69, 9.17) is 16.8 Å². The van der Waals surface area contributed by atoms with Crippen molar-refractivity contribution in [3.63, 3.8) is 0 Å². The summed E-state index contributed by atoms with van der Waals surface area (Å²) >= 11 is 0. The van der Waals surface area contributed by atoms with Crippen LogP contribution in [0.3, 0.4) is 0 Å². The van der Waals surface area contributed by atoms with Crippen molar-refractivity contribution in [2.45, 2.75) is 86.0 Å². The molecule has 2 heterocycles. The molecule has 0 saturated carbocycles. The molecule has 8 rings (SSSR count). The van der Waals surface area contributed by atoms with Crippen LogP contribution in [0.1, 0.15) is 96.0 Å². The number of fused-ring (bicyclic) bond motifs is 1. The minimum Gasteiger partial charge on any atom is -0.507 e. The SMILES string of the molecule is [2H]c1c([2H])c(-c2ccnc(-c3[c-]c(-c4cccc5c4nc(-c4cc(C(C)(C)C)cc(C)c4O)n5-c4ccc(C([2H])(C)C)cc4-c4ccccc4)cc(C(C)(C)C)c3)c2)c([2H])c([2H])c1C.[Pt]. The number of hydrogen-bond acceptors (Lipinski definition) is 3. The molecular formula is C55H54N3OPt-. The minimum absolute atomic E-state index is 0. The fourth-order valence-electron chi connectivity index (χ4n) is 7.55. The second kappa shape index (κ2) is 16.5. The zero-order chi connectivity index (χ0) is 46.2. The standard InChI is InChI=1S/C55H54N3O.Pt/c1-34(2)39-23-24-49(46(31-39)38-15-12-11-13-16-38)58-50-18-14-17-45(51(50)57-53(58)47-33-43(54(5,6)7)27-36(4)52(47)59)41-28-42(30-44(29-41)55(8,9)10)48-32-40(25-26-56-48)37-21-19-35(3)20-22-37;/h11-27,29-34,59H,1-10H3;/q-1;/i19D,20D,21D,22D,34D;. The van der Waals surface area contributed by atoms with Crippen molar-refractivity contribution < 1.29 is 33.0 Å². The molecule has 0 atom stereocenters. The second-order valence-electron chi connectivity index (χ2n) is 17.9. The van der Waals surface area contributed by atoms with E-state index < -0.39 is 5.89 Å². The van der Waals surface area contributed by atoms with Gasteiger partial charge in [0, 0.05) is 39.9 Å². The number of pyridine rings is 1. The maximum absolute atomic E-state index is 12.0. The fraction of sp³-hybridized carbons (Fsp3) is 0.236. The van der Waals surface area contributed by atoms with E-state index in [9.17, 15) is 5.11 Å². The van der Waals surface area contributed by atoms with Crippen LogP contribution in [0.15, 0.2) is 133 Å². The van der Waals surface area contributed by atoms with Crippen molar-refractivity contribution in [1.29, 1.82) is 0 Å². The predicted molar refractivity (Wildman–Crippen MR) is 248 cm³/mol. The van der Waals surface area contributed by atoms with Crippen LogP contribution < -0.4 is 0 Å². The Balaban J connectivity index is 0.00000630. The van der Waals surface area contributed by atoms with E-state index >= 15 is 0 Å². The molecule has 8 aromatic rings. The molecule has 0 radical (unpaired) electrons. The molecule has 1 N–H and O–H groups in total. The van der Waals surface area contributed by atoms with Crippen LogP contribution in [0.2, 0.25) is 0 Å². The van der Waals surface area contributed by atoms with Gasteiger partial charge in [0.05, 0.1) is 27.8 Å². The van der Waals surface area contributed by atoms with Gasteiger partial charge in [0.15, 0.2) is 0 Å². The Kier molecular flexibility index (Phi) is 9.96. The van der Waals surface area contributed by atoms with E-state index in [2.05, 4.69) is 101 Å². The molecule has 2 aromatic heterocycles. The maximum Gasteiger partial charge on any atom is 0.148 e. The van der Waals surface area contributed by atoms with Crippen LogP contribution in [-0.2, 0) is 31.9 Å². The van der Waals surface area contributed by atoms with Crippen molar-refractivity contribution in [2.75, 3.05) is 0 Å². The Morgan fingerprint density at radius 1 is 0.683 bits per heavy atom. The molecule has 0 aliphatic rings. The van der Waals surface area contributed by atoms with Gasteiger partial charge < -0.3 is 5.11 Å². The van der Waals surface area contributed by atoms with Crippen molar-refractivity contribution in [2.24, 2.45) is 0 Å². The monoisotopic (exact) mass is 972 g/mol. The molecule has 306 valence electrons. The normalized spacial score (nSPS) is 13.3. The summed E-state index contributed by atoms with van der Waals surface area (Å²) in [6.07, 6.45) is 1.64. The van der Waals surface area contributed by atoms with Crippen LogP contribution in [0, 0.1) is 19.9 Å². The zero-order valence-electron chi connectivity index (χ0n) is 41.0. The molecule has 0 saturated heterocycles. The molecule has 0 aliphatic carbocycles. The molecule has 60 heavy (non-hydrogen) atoms. The third-order valence-electron chi connectivity index (χ3n) is 11.1. The van der Waals surface area contributed by atoms with E-state index in [1.165, 1.54) is 0 Å². The van der Waals surface area contributed by atoms with Crippen molar-refractivity contribution in [1.82, 2.24) is 14.5 Å². The van der Waals surface area contributed by atoms with Crippen molar-refractivity contribution in [3.8, 4) is 67.5 Å². The van der Waals surface area contributed by atoms with E-state index in [0.717, 1.165) is 55.7 Å². The topological polar surface area (TPSA) is 50.9 Å². The molecule has 0 spiro atoms. The first kappa shape index (κ1) is 36.3. The summed E-state index contributed by atoms with van der Waals surface area (Å²) < 4.78 is 45.7. The van der Waals surface area contributed by atoms with Gasteiger partial charge in [-0.3, -0.25) is 9.55 Å². The summed E-state index contributed by atoms with van der Waals surface area (Å²) in [6.45, 7) is 20.3. The van der Waals surface area contributed by atoms with Gasteiger partial charge in [-0.15, -0.1) is 29.3 Å². The molecule has 0 unspecified atom stereocenters. The number of para-hydroxylation sites is 1. The number of imidazole rings is 1. The Morgan fingerprint density at radius 3 is 2.05 bits per heavy atom. The zero-order valence-corrected chi connectivity index (χ0v) is 38.3. The van der Waals surface area contributed by atoms with Gasteiger partial charge in [-0.05, 0) is 94.3 Å². The summed E-state index contributed by atoms with van der Waals surface area (Å²) in [7, 11) is 0. The number of aromatic hydroxyl groups is 1. The van der Waals surface area contributed by atoms with Crippen LogP contribution in [0.25, 0.3) is 72.7 Å². The van der Waals surface area contributed by atoms with Crippen LogP contribution in [0.5, 0.6) is 5.75 Å². The van der Waals surface area contributed by atoms with Gasteiger partial charge in [0.1, 0.15) is 11.6 Å². The summed E-state index contributed by atoms with van der Waals surface area (Å²) in [5, 5.41) is 12.0. The van der Waals surface area contributed by atoms with Crippen LogP contribution in [-0.4, -0.2) is 19.6 Å². The summed E-state index contributed by atoms with van der Waals surface area (Å²) in [6, 6.07) is 37.7. The molecule has 0 bridgehead atoms. The number of aromatic nitrogens is 3. The number of aryl methyl sites for hydroxylation is 1. The Bertz CT molecular complexity index is 3110. The number of phenolic OH excluding ortho intramolecular Hbond substituents is 1. The molecule has 0 fully saturated rings. The Hall–Kier alpha value is -5.57. The van der Waals surface area contributed by atoms with E-state index in [1.54, 1.807) is 19.2 Å². The smallest absolute Gasteiger partial charge is 0.148 e. The first-order valence-electron chi connectivity index (χ1n) is 22.7. The average molecular weight is 973 g/mol. The number of phenols is 1. The van der Waals surface area contributed by atoms with E-state index in [1.807, 2.05) is 69.3 Å². The molecule has 5 heteroatoms. The van der Waals surface area contributed by atoms with E-state index in [0.29, 0.717) is 39.3 Å². The first-order valence-corrected chi connectivity index (χ1v) is 20.2. The number of nitrogens with zero attached hydrogens (tertiary/aromatic N) is 3. The summed E-state index contributed by atoms with van der Waals surface area (Å²) in [4.78, 5) is 10.3. The van der Waals surface area contributed by atoms with Crippen LogP contribution >= 0.6 is 0 Å².